The summed E-state index contributed by atoms with van der Waals surface area (Å²) in [5, 5.41) is 8.81. The van der Waals surface area contributed by atoms with Crippen molar-refractivity contribution >= 4 is 15.8 Å². The van der Waals surface area contributed by atoms with Crippen molar-refractivity contribution in [3.8, 4) is 6.07 Å². The fourth-order valence-electron chi connectivity index (χ4n) is 1.82. The number of benzene rings is 1. The van der Waals surface area contributed by atoms with Gasteiger partial charge >= 0.3 is 0 Å². The number of rotatable bonds is 3. The zero-order chi connectivity index (χ0) is 14.8. The molecule has 0 aliphatic rings. The van der Waals surface area contributed by atoms with Crippen LogP contribution in [-0.2, 0) is 10.0 Å². The molecule has 102 valence electrons. The van der Waals surface area contributed by atoms with Crippen LogP contribution >= 0.6 is 0 Å². The molecule has 2 rings (SSSR count). The van der Waals surface area contributed by atoms with Crippen LogP contribution in [0.2, 0.25) is 0 Å². The SMILES string of the molecule is Cc1cc(C)nc(NS(=O)(=O)c2cccc(C#N)c2)c1. The molecule has 0 atom stereocenters. The van der Waals surface area contributed by atoms with Crippen LogP contribution in [0.5, 0.6) is 0 Å². The minimum Gasteiger partial charge on any atom is -0.263 e. The molecule has 1 aromatic carbocycles. The first-order valence-corrected chi connectivity index (χ1v) is 7.37. The summed E-state index contributed by atoms with van der Waals surface area (Å²) >= 11 is 0. The lowest BCUT2D eigenvalue weighted by Gasteiger charge is -2.09. The van der Waals surface area contributed by atoms with E-state index in [4.69, 9.17) is 5.26 Å². The fraction of sp³-hybridized carbons (Fsp3) is 0.143. The molecule has 0 bridgehead atoms. The van der Waals surface area contributed by atoms with Gasteiger partial charge in [0.25, 0.3) is 10.0 Å². The Morgan fingerprint density at radius 3 is 2.60 bits per heavy atom. The average molecular weight is 287 g/mol. The van der Waals surface area contributed by atoms with E-state index < -0.39 is 10.0 Å². The van der Waals surface area contributed by atoms with Crippen molar-refractivity contribution in [1.29, 1.82) is 5.26 Å². The Morgan fingerprint density at radius 1 is 1.20 bits per heavy atom. The quantitative estimate of drug-likeness (QED) is 0.939. The van der Waals surface area contributed by atoms with Gasteiger partial charge in [0, 0.05) is 5.69 Å². The lowest BCUT2D eigenvalue weighted by molar-refractivity contribution is 0.601. The van der Waals surface area contributed by atoms with Crippen LogP contribution in [0.3, 0.4) is 0 Å². The van der Waals surface area contributed by atoms with Crippen LogP contribution in [0.25, 0.3) is 0 Å². The van der Waals surface area contributed by atoms with Crippen molar-refractivity contribution in [3.05, 3.63) is 53.2 Å². The Morgan fingerprint density at radius 2 is 1.95 bits per heavy atom. The molecule has 0 radical (unpaired) electrons. The molecule has 1 aromatic heterocycles. The van der Waals surface area contributed by atoms with Gasteiger partial charge in [0.2, 0.25) is 0 Å². The number of aromatic nitrogens is 1. The molecule has 0 aliphatic heterocycles. The first kappa shape index (κ1) is 14.0. The number of hydrogen-bond donors (Lipinski definition) is 1. The Bertz CT molecular complexity index is 772. The minimum absolute atomic E-state index is 0.0394. The van der Waals surface area contributed by atoms with Gasteiger partial charge in [0.15, 0.2) is 0 Å². The third-order valence-electron chi connectivity index (χ3n) is 2.61. The summed E-state index contributed by atoms with van der Waals surface area (Å²) in [5.74, 6) is 0.268. The maximum atomic E-state index is 12.2. The molecule has 0 aliphatic carbocycles. The summed E-state index contributed by atoms with van der Waals surface area (Å²) in [5.41, 5.74) is 1.94. The Kier molecular flexibility index (Phi) is 3.72. The van der Waals surface area contributed by atoms with Crippen LogP contribution in [0.15, 0.2) is 41.3 Å². The van der Waals surface area contributed by atoms with E-state index in [2.05, 4.69) is 9.71 Å². The topological polar surface area (TPSA) is 82.8 Å². The van der Waals surface area contributed by atoms with Crippen LogP contribution in [-0.4, -0.2) is 13.4 Å². The third-order valence-corrected chi connectivity index (χ3v) is 3.96. The predicted molar refractivity (Wildman–Crippen MR) is 75.7 cm³/mol. The molecule has 1 N–H and O–H groups in total. The van der Waals surface area contributed by atoms with Crippen LogP contribution in [0, 0.1) is 25.2 Å². The van der Waals surface area contributed by atoms with Crippen LogP contribution in [0.4, 0.5) is 5.82 Å². The van der Waals surface area contributed by atoms with Crippen LogP contribution in [0.1, 0.15) is 16.8 Å². The Balaban J connectivity index is 2.38. The number of aryl methyl sites for hydroxylation is 2. The molecule has 2 aromatic rings. The van der Waals surface area contributed by atoms with E-state index in [1.807, 2.05) is 19.1 Å². The number of pyridine rings is 1. The van der Waals surface area contributed by atoms with Crippen molar-refractivity contribution in [2.24, 2.45) is 0 Å². The van der Waals surface area contributed by atoms with Gasteiger partial charge in [0.1, 0.15) is 5.82 Å². The van der Waals surface area contributed by atoms with Crippen molar-refractivity contribution in [2.75, 3.05) is 4.72 Å². The summed E-state index contributed by atoms with van der Waals surface area (Å²) in [7, 11) is -3.74. The molecule has 0 amide bonds. The monoisotopic (exact) mass is 287 g/mol. The molecule has 0 spiro atoms. The lowest BCUT2D eigenvalue weighted by Crippen LogP contribution is -2.14. The molecule has 5 nitrogen and oxygen atoms in total. The van der Waals surface area contributed by atoms with E-state index in [0.717, 1.165) is 11.3 Å². The normalized spacial score (nSPS) is 10.8. The zero-order valence-corrected chi connectivity index (χ0v) is 11.9. The van der Waals surface area contributed by atoms with Gasteiger partial charge in [-0.15, -0.1) is 0 Å². The third kappa shape index (κ3) is 3.13. The Labute approximate surface area is 118 Å². The highest BCUT2D eigenvalue weighted by molar-refractivity contribution is 7.92. The molecule has 20 heavy (non-hydrogen) atoms. The molecular formula is C14H13N3O2S. The predicted octanol–water partition coefficient (Wildman–Crippen LogP) is 2.37. The van der Waals surface area contributed by atoms with Gasteiger partial charge in [-0.1, -0.05) is 6.07 Å². The van der Waals surface area contributed by atoms with Gasteiger partial charge in [-0.2, -0.15) is 5.26 Å². The van der Waals surface area contributed by atoms with Gasteiger partial charge in [-0.05, 0) is 49.7 Å². The van der Waals surface area contributed by atoms with Gasteiger partial charge in [0.05, 0.1) is 16.5 Å². The lowest BCUT2D eigenvalue weighted by atomic mass is 10.2. The average Bonchev–Trinajstić information content (AvgIpc) is 2.37. The summed E-state index contributed by atoms with van der Waals surface area (Å²) in [6, 6.07) is 11.3. The summed E-state index contributed by atoms with van der Waals surface area (Å²) in [6.45, 7) is 3.66. The first-order valence-electron chi connectivity index (χ1n) is 5.89. The number of nitriles is 1. The van der Waals surface area contributed by atoms with Crippen molar-refractivity contribution < 1.29 is 8.42 Å². The number of nitrogens with one attached hydrogen (secondary N) is 1. The number of sulfonamides is 1. The van der Waals surface area contributed by atoms with Crippen molar-refractivity contribution in [1.82, 2.24) is 4.98 Å². The van der Waals surface area contributed by atoms with Gasteiger partial charge < -0.3 is 0 Å². The maximum absolute atomic E-state index is 12.2. The summed E-state index contributed by atoms with van der Waals surface area (Å²) < 4.78 is 26.9. The Hall–Kier alpha value is -2.39. The highest BCUT2D eigenvalue weighted by Gasteiger charge is 2.15. The number of nitrogens with zero attached hydrogens (tertiary/aromatic N) is 2. The van der Waals surface area contributed by atoms with Crippen molar-refractivity contribution in [3.63, 3.8) is 0 Å². The van der Waals surface area contributed by atoms with Gasteiger partial charge in [-0.25, -0.2) is 13.4 Å². The molecule has 1 heterocycles. The molecular weight excluding hydrogens is 274 g/mol. The smallest absolute Gasteiger partial charge is 0.263 e. The van der Waals surface area contributed by atoms with Crippen LogP contribution < -0.4 is 4.72 Å². The second kappa shape index (κ2) is 5.31. The van der Waals surface area contributed by atoms with Crippen molar-refractivity contribution in [2.45, 2.75) is 18.7 Å². The molecule has 0 saturated heterocycles. The molecule has 6 heteroatoms. The fourth-order valence-corrected chi connectivity index (χ4v) is 2.86. The largest absolute Gasteiger partial charge is 0.263 e. The van der Waals surface area contributed by atoms with E-state index in [-0.39, 0.29) is 10.7 Å². The van der Waals surface area contributed by atoms with Gasteiger partial charge in [-0.3, -0.25) is 4.72 Å². The molecule has 0 unspecified atom stereocenters. The van der Waals surface area contributed by atoms with E-state index in [1.54, 1.807) is 19.1 Å². The van der Waals surface area contributed by atoms with E-state index in [1.165, 1.54) is 18.2 Å². The second-order valence-corrected chi connectivity index (χ2v) is 6.10. The second-order valence-electron chi connectivity index (χ2n) is 4.42. The standard InChI is InChI=1S/C14H13N3O2S/c1-10-6-11(2)16-14(7-10)17-20(18,19)13-5-3-4-12(8-13)9-15/h3-8H,1-2H3,(H,16,17). The van der Waals surface area contributed by atoms with E-state index in [9.17, 15) is 8.42 Å². The first-order chi connectivity index (χ1) is 9.40. The molecule has 0 fully saturated rings. The maximum Gasteiger partial charge on any atom is 0.263 e. The highest BCUT2D eigenvalue weighted by atomic mass is 32.2. The summed E-state index contributed by atoms with van der Waals surface area (Å²) in [4.78, 5) is 4.17. The highest BCUT2D eigenvalue weighted by Crippen LogP contribution is 2.17. The molecule has 0 saturated carbocycles. The zero-order valence-electron chi connectivity index (χ0n) is 11.1. The summed E-state index contributed by atoms with van der Waals surface area (Å²) in [6.07, 6.45) is 0. The number of hydrogen-bond acceptors (Lipinski definition) is 4. The number of anilines is 1. The minimum atomic E-state index is -3.74. The van der Waals surface area contributed by atoms with E-state index in [0.29, 0.717) is 5.56 Å². The van der Waals surface area contributed by atoms with E-state index >= 15 is 0 Å².